The number of aromatic nitrogens is 1. The van der Waals surface area contributed by atoms with E-state index >= 15 is 0 Å². The number of rotatable bonds is 2. The maximum absolute atomic E-state index is 6.19. The van der Waals surface area contributed by atoms with E-state index in [1.165, 1.54) is 18.4 Å². The average molecular weight is 281 g/mol. The first-order valence-electron chi connectivity index (χ1n) is 7.23. The van der Waals surface area contributed by atoms with E-state index in [1.54, 1.807) is 0 Å². The number of alkyl halides is 1. The molecule has 0 spiro atoms. The van der Waals surface area contributed by atoms with Gasteiger partial charge in [-0.15, -0.1) is 11.6 Å². The van der Waals surface area contributed by atoms with E-state index in [0.29, 0.717) is 11.3 Å². The van der Waals surface area contributed by atoms with E-state index in [1.807, 2.05) is 6.20 Å². The first-order chi connectivity index (χ1) is 8.88. The van der Waals surface area contributed by atoms with Gasteiger partial charge in [0, 0.05) is 24.7 Å². The first kappa shape index (κ1) is 14.6. The lowest BCUT2D eigenvalue weighted by Crippen LogP contribution is -2.36. The Morgan fingerprint density at radius 2 is 1.89 bits per heavy atom. The molecule has 1 aliphatic rings. The molecule has 1 aromatic rings. The van der Waals surface area contributed by atoms with Crippen molar-refractivity contribution in [1.82, 2.24) is 4.98 Å². The molecule has 0 aliphatic carbocycles. The van der Waals surface area contributed by atoms with Crippen LogP contribution in [0.4, 0.5) is 5.82 Å². The first-order valence-corrected chi connectivity index (χ1v) is 7.67. The van der Waals surface area contributed by atoms with Crippen LogP contribution in [0.1, 0.15) is 46.1 Å². The minimum Gasteiger partial charge on any atom is -0.357 e. The molecule has 1 fully saturated rings. The Morgan fingerprint density at radius 3 is 2.32 bits per heavy atom. The summed E-state index contributed by atoms with van der Waals surface area (Å²) in [5.74, 6) is 1.76. The Hall–Kier alpha value is -0.760. The summed E-state index contributed by atoms with van der Waals surface area (Å²) in [6.07, 6.45) is 4.37. The van der Waals surface area contributed by atoms with Gasteiger partial charge in [-0.25, -0.2) is 4.98 Å². The third-order valence-corrected chi connectivity index (χ3v) is 4.48. The zero-order valence-corrected chi connectivity index (χ0v) is 13.2. The number of hydrogen-bond donors (Lipinski definition) is 0. The van der Waals surface area contributed by atoms with E-state index in [9.17, 15) is 0 Å². The lowest BCUT2D eigenvalue weighted by Gasteiger charge is -2.34. The van der Waals surface area contributed by atoms with E-state index in [-0.39, 0.29) is 5.41 Å². The average Bonchev–Trinajstić information content (AvgIpc) is 2.38. The summed E-state index contributed by atoms with van der Waals surface area (Å²) in [7, 11) is 0. The molecule has 2 heterocycles. The summed E-state index contributed by atoms with van der Waals surface area (Å²) in [5.41, 5.74) is 1.47. The third kappa shape index (κ3) is 3.62. The molecule has 0 N–H and O–H groups in total. The highest BCUT2D eigenvalue weighted by atomic mass is 35.5. The molecule has 1 atom stereocenters. The highest BCUT2D eigenvalue weighted by Crippen LogP contribution is 2.28. The van der Waals surface area contributed by atoms with Crippen LogP contribution in [0, 0.1) is 5.92 Å². The molecule has 0 saturated carbocycles. The SMILES string of the molecule is CC(Cl)C1CCN(c2ccc(C(C)(C)C)cn2)CC1. The van der Waals surface area contributed by atoms with Crippen molar-refractivity contribution in [1.29, 1.82) is 0 Å². The van der Waals surface area contributed by atoms with Crippen LogP contribution in [-0.2, 0) is 5.41 Å². The molecule has 1 saturated heterocycles. The molecule has 0 radical (unpaired) electrons. The number of hydrogen-bond acceptors (Lipinski definition) is 2. The van der Waals surface area contributed by atoms with Crippen molar-refractivity contribution in [3.8, 4) is 0 Å². The molecule has 0 amide bonds. The van der Waals surface area contributed by atoms with Crippen LogP contribution in [0.25, 0.3) is 0 Å². The predicted molar refractivity (Wildman–Crippen MR) is 83.2 cm³/mol. The van der Waals surface area contributed by atoms with Crippen molar-refractivity contribution in [3.63, 3.8) is 0 Å². The van der Waals surface area contributed by atoms with Gasteiger partial charge in [0.05, 0.1) is 0 Å². The van der Waals surface area contributed by atoms with E-state index in [2.05, 4.69) is 49.7 Å². The molecule has 0 bridgehead atoms. The van der Waals surface area contributed by atoms with Crippen LogP contribution in [0.2, 0.25) is 0 Å². The van der Waals surface area contributed by atoms with Crippen molar-refractivity contribution in [2.45, 2.75) is 51.3 Å². The smallest absolute Gasteiger partial charge is 0.128 e. The normalized spacial score (nSPS) is 19.5. The fraction of sp³-hybridized carbons (Fsp3) is 0.688. The van der Waals surface area contributed by atoms with Crippen LogP contribution in [0.15, 0.2) is 18.3 Å². The monoisotopic (exact) mass is 280 g/mol. The van der Waals surface area contributed by atoms with Gasteiger partial charge < -0.3 is 4.90 Å². The molecule has 0 aromatic carbocycles. The summed E-state index contributed by atoms with van der Waals surface area (Å²) in [4.78, 5) is 7.01. The summed E-state index contributed by atoms with van der Waals surface area (Å²) < 4.78 is 0. The van der Waals surface area contributed by atoms with E-state index in [4.69, 9.17) is 11.6 Å². The van der Waals surface area contributed by atoms with Crippen LogP contribution < -0.4 is 4.90 Å². The quantitative estimate of drug-likeness (QED) is 0.754. The summed E-state index contributed by atoms with van der Waals surface area (Å²) >= 11 is 6.19. The van der Waals surface area contributed by atoms with Crippen molar-refractivity contribution in [2.75, 3.05) is 18.0 Å². The van der Waals surface area contributed by atoms with Gasteiger partial charge in [-0.05, 0) is 42.7 Å². The van der Waals surface area contributed by atoms with Gasteiger partial charge in [0.15, 0.2) is 0 Å². The Labute approximate surface area is 122 Å². The highest BCUT2D eigenvalue weighted by Gasteiger charge is 2.23. The number of piperidine rings is 1. The van der Waals surface area contributed by atoms with Crippen LogP contribution >= 0.6 is 11.6 Å². The molecule has 1 aliphatic heterocycles. The largest absolute Gasteiger partial charge is 0.357 e. The zero-order valence-electron chi connectivity index (χ0n) is 12.5. The van der Waals surface area contributed by atoms with Gasteiger partial charge in [-0.3, -0.25) is 0 Å². The Kier molecular flexibility index (Phi) is 4.39. The standard InChI is InChI=1S/C16H25ClN2/c1-12(17)13-7-9-19(10-8-13)15-6-5-14(11-18-15)16(2,3)4/h5-6,11-13H,7-10H2,1-4H3. The maximum atomic E-state index is 6.19. The molecule has 3 heteroatoms. The number of pyridine rings is 1. The second kappa shape index (κ2) is 5.70. The molecule has 2 nitrogen and oxygen atoms in total. The van der Waals surface area contributed by atoms with Crippen LogP contribution in [0.3, 0.4) is 0 Å². The minimum atomic E-state index is 0.173. The summed E-state index contributed by atoms with van der Waals surface area (Å²) in [6.45, 7) is 10.9. The summed E-state index contributed by atoms with van der Waals surface area (Å²) in [6, 6.07) is 4.36. The number of nitrogens with zero attached hydrogens (tertiary/aromatic N) is 2. The minimum absolute atomic E-state index is 0.173. The fourth-order valence-electron chi connectivity index (χ4n) is 2.60. The second-order valence-electron chi connectivity index (χ2n) is 6.66. The lowest BCUT2D eigenvalue weighted by atomic mass is 9.88. The van der Waals surface area contributed by atoms with Crippen molar-refractivity contribution < 1.29 is 0 Å². The molecule has 106 valence electrons. The second-order valence-corrected chi connectivity index (χ2v) is 7.35. The lowest BCUT2D eigenvalue weighted by molar-refractivity contribution is 0.398. The third-order valence-electron chi connectivity index (χ3n) is 4.13. The zero-order chi connectivity index (χ0) is 14.0. The fourth-order valence-corrected chi connectivity index (χ4v) is 2.86. The van der Waals surface area contributed by atoms with Crippen molar-refractivity contribution >= 4 is 17.4 Å². The Morgan fingerprint density at radius 1 is 1.26 bits per heavy atom. The van der Waals surface area contributed by atoms with Crippen molar-refractivity contribution in [3.05, 3.63) is 23.9 Å². The van der Waals surface area contributed by atoms with Gasteiger partial charge in [0.25, 0.3) is 0 Å². The van der Waals surface area contributed by atoms with Crippen LogP contribution in [-0.4, -0.2) is 23.5 Å². The Balaban J connectivity index is 2.00. The highest BCUT2D eigenvalue weighted by molar-refractivity contribution is 6.20. The van der Waals surface area contributed by atoms with Crippen molar-refractivity contribution in [2.24, 2.45) is 5.92 Å². The number of anilines is 1. The van der Waals surface area contributed by atoms with Gasteiger partial charge >= 0.3 is 0 Å². The molecular formula is C16H25ClN2. The van der Waals surface area contributed by atoms with Gasteiger partial charge in [0.2, 0.25) is 0 Å². The van der Waals surface area contributed by atoms with Gasteiger partial charge in [0.1, 0.15) is 5.82 Å². The van der Waals surface area contributed by atoms with E-state index < -0.39 is 0 Å². The molecule has 19 heavy (non-hydrogen) atoms. The topological polar surface area (TPSA) is 16.1 Å². The van der Waals surface area contributed by atoms with Gasteiger partial charge in [-0.2, -0.15) is 0 Å². The van der Waals surface area contributed by atoms with Gasteiger partial charge in [-0.1, -0.05) is 26.8 Å². The molecule has 1 aromatic heterocycles. The molecule has 2 rings (SSSR count). The molecule has 1 unspecified atom stereocenters. The Bertz CT molecular complexity index is 398. The van der Waals surface area contributed by atoms with E-state index in [0.717, 1.165) is 18.9 Å². The maximum Gasteiger partial charge on any atom is 0.128 e. The molecular weight excluding hydrogens is 256 g/mol. The predicted octanol–water partition coefficient (Wildman–Crippen LogP) is 4.22. The van der Waals surface area contributed by atoms with Crippen LogP contribution in [0.5, 0.6) is 0 Å². The number of halogens is 1. The summed E-state index contributed by atoms with van der Waals surface area (Å²) in [5, 5.41) is 0.290.